The molecule has 0 spiro atoms. The molecule has 0 aliphatic rings. The van der Waals surface area contributed by atoms with E-state index in [4.69, 9.17) is 4.74 Å². The highest BCUT2D eigenvalue weighted by Crippen LogP contribution is 2.12. The van der Waals surface area contributed by atoms with Crippen molar-refractivity contribution >= 4 is 5.97 Å². The molecule has 3 heteroatoms. The second-order valence-corrected chi connectivity index (χ2v) is 4.18. The minimum Gasteiger partial charge on any atom is -0.464 e. The fraction of sp³-hybridized carbons (Fsp3) is 0.909. The van der Waals surface area contributed by atoms with Crippen molar-refractivity contribution in [3.63, 3.8) is 0 Å². The van der Waals surface area contributed by atoms with Crippen molar-refractivity contribution in [2.24, 2.45) is 5.41 Å². The van der Waals surface area contributed by atoms with Crippen LogP contribution in [-0.2, 0) is 9.53 Å². The van der Waals surface area contributed by atoms with E-state index >= 15 is 0 Å². The van der Waals surface area contributed by atoms with E-state index in [1.807, 2.05) is 34.6 Å². The normalized spacial score (nSPS) is 12.5. The number of carbonyl (C=O) groups is 1. The molecule has 0 radical (unpaired) electrons. The second-order valence-electron chi connectivity index (χ2n) is 4.18. The van der Waals surface area contributed by atoms with Crippen molar-refractivity contribution in [3.8, 4) is 0 Å². The van der Waals surface area contributed by atoms with Crippen molar-refractivity contribution in [2.75, 3.05) is 13.7 Å². The van der Waals surface area contributed by atoms with Gasteiger partial charge in [0.15, 0.2) is 0 Å². The maximum atomic E-state index is 11.1. The predicted molar refractivity (Wildman–Crippen MR) is 60.3 cm³/mol. The standard InChI is InChI=1S/C9H19NO2.C2H6/c1-7(10-5)8(11)12-6-9(2,3)4;1-2/h7,10H,6H2,1-5H3;1-2H3/t7-;/m1./s1. The molecule has 1 atom stereocenters. The highest BCUT2D eigenvalue weighted by atomic mass is 16.5. The Morgan fingerprint density at radius 2 is 1.79 bits per heavy atom. The monoisotopic (exact) mass is 203 g/mol. The topological polar surface area (TPSA) is 38.3 Å². The lowest BCUT2D eigenvalue weighted by Crippen LogP contribution is -2.34. The summed E-state index contributed by atoms with van der Waals surface area (Å²) in [5, 5.41) is 2.83. The molecule has 0 aromatic heterocycles. The summed E-state index contributed by atoms with van der Waals surface area (Å²) < 4.78 is 5.06. The van der Waals surface area contributed by atoms with Gasteiger partial charge in [0, 0.05) is 0 Å². The third-order valence-corrected chi connectivity index (χ3v) is 1.43. The molecule has 0 bridgehead atoms. The van der Waals surface area contributed by atoms with Crippen LogP contribution in [0.1, 0.15) is 41.5 Å². The Morgan fingerprint density at radius 3 is 2.07 bits per heavy atom. The smallest absolute Gasteiger partial charge is 0.322 e. The Kier molecular flexibility index (Phi) is 8.85. The maximum absolute atomic E-state index is 11.1. The Morgan fingerprint density at radius 1 is 1.36 bits per heavy atom. The van der Waals surface area contributed by atoms with Gasteiger partial charge in [0.2, 0.25) is 0 Å². The lowest BCUT2D eigenvalue weighted by Gasteiger charge is -2.19. The summed E-state index contributed by atoms with van der Waals surface area (Å²) in [6, 6.07) is -0.215. The maximum Gasteiger partial charge on any atom is 0.322 e. The lowest BCUT2D eigenvalue weighted by molar-refractivity contribution is -0.148. The van der Waals surface area contributed by atoms with Gasteiger partial charge in [-0.3, -0.25) is 4.79 Å². The molecule has 0 unspecified atom stereocenters. The highest BCUT2D eigenvalue weighted by molar-refractivity contribution is 5.75. The Labute approximate surface area is 88.2 Å². The highest BCUT2D eigenvalue weighted by Gasteiger charge is 2.16. The molecule has 1 N–H and O–H groups in total. The number of hydrogen-bond acceptors (Lipinski definition) is 3. The Bertz CT molecular complexity index is 150. The average molecular weight is 203 g/mol. The first-order valence-corrected chi connectivity index (χ1v) is 5.21. The van der Waals surface area contributed by atoms with Crippen LogP contribution in [-0.4, -0.2) is 25.7 Å². The molecule has 3 nitrogen and oxygen atoms in total. The van der Waals surface area contributed by atoms with E-state index in [-0.39, 0.29) is 17.4 Å². The molecule has 0 aromatic rings. The van der Waals surface area contributed by atoms with Crippen molar-refractivity contribution in [3.05, 3.63) is 0 Å². The van der Waals surface area contributed by atoms with Gasteiger partial charge in [-0.05, 0) is 19.4 Å². The first-order chi connectivity index (χ1) is 6.37. The molecule has 0 aliphatic carbocycles. The molecule has 0 rings (SSSR count). The summed E-state index contributed by atoms with van der Waals surface area (Å²) in [4.78, 5) is 11.1. The number of rotatable bonds is 3. The summed E-state index contributed by atoms with van der Waals surface area (Å²) in [5.41, 5.74) is 0.0448. The minimum atomic E-state index is -0.215. The van der Waals surface area contributed by atoms with Crippen LogP contribution < -0.4 is 5.32 Å². The van der Waals surface area contributed by atoms with E-state index in [0.29, 0.717) is 6.61 Å². The quantitative estimate of drug-likeness (QED) is 0.715. The number of ether oxygens (including phenoxy) is 1. The summed E-state index contributed by atoms with van der Waals surface area (Å²) in [7, 11) is 1.74. The third-order valence-electron chi connectivity index (χ3n) is 1.43. The van der Waals surface area contributed by atoms with Crippen molar-refractivity contribution < 1.29 is 9.53 Å². The second kappa shape index (κ2) is 7.80. The van der Waals surface area contributed by atoms with Gasteiger partial charge in [-0.2, -0.15) is 0 Å². The molecule has 0 fully saturated rings. The van der Waals surface area contributed by atoms with E-state index < -0.39 is 0 Å². The van der Waals surface area contributed by atoms with Crippen molar-refractivity contribution in [1.82, 2.24) is 5.32 Å². The van der Waals surface area contributed by atoms with Crippen LogP contribution in [0, 0.1) is 5.41 Å². The van der Waals surface area contributed by atoms with Crippen LogP contribution in [0.2, 0.25) is 0 Å². The molecule has 0 saturated heterocycles. The van der Waals surface area contributed by atoms with Crippen LogP contribution in [0.4, 0.5) is 0 Å². The summed E-state index contributed by atoms with van der Waals surface area (Å²) >= 11 is 0. The molecule has 14 heavy (non-hydrogen) atoms. The van der Waals surface area contributed by atoms with Crippen LogP contribution in [0.3, 0.4) is 0 Å². The average Bonchev–Trinajstić information content (AvgIpc) is 2.15. The lowest BCUT2D eigenvalue weighted by atomic mass is 9.99. The molecular weight excluding hydrogens is 178 g/mol. The van der Waals surface area contributed by atoms with Gasteiger partial charge < -0.3 is 10.1 Å². The zero-order chi connectivity index (χ0) is 11.8. The van der Waals surface area contributed by atoms with Gasteiger partial charge in [-0.25, -0.2) is 0 Å². The largest absolute Gasteiger partial charge is 0.464 e. The molecule has 0 amide bonds. The zero-order valence-electron chi connectivity index (χ0n) is 10.6. The molecule has 0 aliphatic heterocycles. The fourth-order valence-corrected chi connectivity index (χ4v) is 0.530. The van der Waals surface area contributed by atoms with E-state index in [1.54, 1.807) is 14.0 Å². The summed E-state index contributed by atoms with van der Waals surface area (Å²) in [5.74, 6) is -0.188. The van der Waals surface area contributed by atoms with E-state index in [0.717, 1.165) is 0 Å². The SMILES string of the molecule is CC.CN[C@H](C)C(=O)OCC(C)(C)C. The first kappa shape index (κ1) is 15.9. The molecule has 0 heterocycles. The van der Waals surface area contributed by atoms with Gasteiger partial charge >= 0.3 is 5.97 Å². The van der Waals surface area contributed by atoms with Gasteiger partial charge in [0.05, 0.1) is 6.61 Å². The first-order valence-electron chi connectivity index (χ1n) is 5.21. The van der Waals surface area contributed by atoms with Crippen molar-refractivity contribution in [2.45, 2.75) is 47.6 Å². The molecule has 86 valence electrons. The third kappa shape index (κ3) is 9.52. The Hall–Kier alpha value is -0.570. The predicted octanol–water partition coefficient (Wildman–Crippen LogP) is 2.21. The number of carbonyl (C=O) groups excluding carboxylic acids is 1. The van der Waals surface area contributed by atoms with Crippen LogP contribution >= 0.6 is 0 Å². The molecule has 0 saturated carbocycles. The van der Waals surface area contributed by atoms with E-state index in [2.05, 4.69) is 5.32 Å². The summed E-state index contributed by atoms with van der Waals surface area (Å²) in [6.45, 7) is 12.3. The Balaban J connectivity index is 0. The number of hydrogen-bond donors (Lipinski definition) is 1. The van der Waals surface area contributed by atoms with Crippen LogP contribution in [0.25, 0.3) is 0 Å². The molecular formula is C11H25NO2. The number of likely N-dealkylation sites (N-methyl/N-ethyl adjacent to an activating group) is 1. The van der Waals surface area contributed by atoms with Crippen LogP contribution in [0.15, 0.2) is 0 Å². The summed E-state index contributed by atoms with van der Waals surface area (Å²) in [6.07, 6.45) is 0. The van der Waals surface area contributed by atoms with Crippen molar-refractivity contribution in [1.29, 1.82) is 0 Å². The van der Waals surface area contributed by atoms with E-state index in [9.17, 15) is 4.79 Å². The molecule has 0 aromatic carbocycles. The number of esters is 1. The zero-order valence-corrected chi connectivity index (χ0v) is 10.6. The van der Waals surface area contributed by atoms with Crippen LogP contribution in [0.5, 0.6) is 0 Å². The van der Waals surface area contributed by atoms with Gasteiger partial charge in [0.25, 0.3) is 0 Å². The number of nitrogens with one attached hydrogen (secondary N) is 1. The van der Waals surface area contributed by atoms with E-state index in [1.165, 1.54) is 0 Å². The minimum absolute atomic E-state index is 0.0448. The van der Waals surface area contributed by atoms with Gasteiger partial charge in [-0.15, -0.1) is 0 Å². The fourth-order valence-electron chi connectivity index (χ4n) is 0.530. The van der Waals surface area contributed by atoms with Gasteiger partial charge in [0.1, 0.15) is 6.04 Å². The van der Waals surface area contributed by atoms with Gasteiger partial charge in [-0.1, -0.05) is 34.6 Å².